The average molecular weight is 444 g/mol. The molecule has 1 aliphatic rings. The molecule has 2 aromatic carbocycles. The Balaban J connectivity index is 1.42. The second kappa shape index (κ2) is 9.50. The number of amides is 3. The lowest BCUT2D eigenvalue weighted by atomic mass is 10.1. The molecule has 3 amide bonds. The number of hydrogen-bond acceptors (Lipinski definition) is 3. The number of nitrogens with zero attached hydrogens (tertiary/aromatic N) is 1. The summed E-state index contributed by atoms with van der Waals surface area (Å²) in [6.07, 6.45) is 0.781. The van der Waals surface area contributed by atoms with Gasteiger partial charge in [0.05, 0.1) is 12.1 Å². The minimum absolute atomic E-state index is 0.0995. The number of nitrogens with one attached hydrogen (secondary N) is 2. The Kier molecular flexibility index (Phi) is 6.81. The maximum Gasteiger partial charge on any atom is 0.239 e. The van der Waals surface area contributed by atoms with Crippen LogP contribution in [0.5, 0.6) is 0 Å². The first kappa shape index (κ1) is 20.1. The zero-order valence-electron chi connectivity index (χ0n) is 15.4. The predicted molar refractivity (Wildman–Crippen MR) is 111 cm³/mol. The highest BCUT2D eigenvalue weighted by Crippen LogP contribution is 2.31. The van der Waals surface area contributed by atoms with E-state index in [0.29, 0.717) is 25.9 Å². The molecule has 3 rings (SSSR count). The number of halogens is 1. The Morgan fingerprint density at radius 1 is 1.00 bits per heavy atom. The Bertz CT molecular complexity index is 857. The van der Waals surface area contributed by atoms with Crippen LogP contribution in [0.2, 0.25) is 0 Å². The highest BCUT2D eigenvalue weighted by atomic mass is 79.9. The number of para-hydroxylation sites is 1. The van der Waals surface area contributed by atoms with Crippen LogP contribution >= 0.6 is 15.9 Å². The first-order chi connectivity index (χ1) is 13.6. The van der Waals surface area contributed by atoms with Crippen molar-refractivity contribution in [3.8, 4) is 0 Å². The Hall–Kier alpha value is -2.67. The molecule has 1 heterocycles. The summed E-state index contributed by atoms with van der Waals surface area (Å²) in [4.78, 5) is 38.5. The van der Waals surface area contributed by atoms with Crippen LogP contribution in [0.25, 0.3) is 0 Å². The fourth-order valence-electron chi connectivity index (χ4n) is 3.19. The van der Waals surface area contributed by atoms with E-state index >= 15 is 0 Å². The molecule has 0 radical (unpaired) electrons. The molecular weight excluding hydrogens is 422 g/mol. The van der Waals surface area contributed by atoms with Crippen molar-refractivity contribution in [2.24, 2.45) is 5.92 Å². The van der Waals surface area contributed by atoms with Crippen LogP contribution in [-0.2, 0) is 20.8 Å². The third-order valence-corrected chi connectivity index (χ3v) is 5.29. The SMILES string of the molecule is O=C(Cc1ccccc1)NCCNC(=O)C1CCN(c2ccccc2Br)C1=O. The van der Waals surface area contributed by atoms with Crippen molar-refractivity contribution < 1.29 is 14.4 Å². The van der Waals surface area contributed by atoms with E-state index in [4.69, 9.17) is 0 Å². The summed E-state index contributed by atoms with van der Waals surface area (Å²) in [6.45, 7) is 1.12. The zero-order valence-corrected chi connectivity index (χ0v) is 16.9. The van der Waals surface area contributed by atoms with Crippen molar-refractivity contribution in [3.63, 3.8) is 0 Å². The minimum atomic E-state index is -0.688. The lowest BCUT2D eigenvalue weighted by Crippen LogP contribution is -2.40. The van der Waals surface area contributed by atoms with Crippen molar-refractivity contribution >= 4 is 39.3 Å². The number of anilines is 1. The van der Waals surface area contributed by atoms with Crippen LogP contribution in [0.1, 0.15) is 12.0 Å². The quantitative estimate of drug-likeness (QED) is 0.508. The van der Waals surface area contributed by atoms with Crippen LogP contribution in [0, 0.1) is 5.92 Å². The van der Waals surface area contributed by atoms with Gasteiger partial charge in [-0.25, -0.2) is 0 Å². The number of rotatable bonds is 7. The van der Waals surface area contributed by atoms with Crippen molar-refractivity contribution in [2.75, 3.05) is 24.5 Å². The van der Waals surface area contributed by atoms with Crippen LogP contribution in [0.4, 0.5) is 5.69 Å². The maximum absolute atomic E-state index is 12.6. The molecule has 1 atom stereocenters. The summed E-state index contributed by atoms with van der Waals surface area (Å²) >= 11 is 3.44. The van der Waals surface area contributed by atoms with Crippen LogP contribution in [-0.4, -0.2) is 37.4 Å². The second-order valence-electron chi connectivity index (χ2n) is 6.59. The fraction of sp³-hybridized carbons (Fsp3) is 0.286. The van der Waals surface area contributed by atoms with Gasteiger partial charge < -0.3 is 15.5 Å². The van der Waals surface area contributed by atoms with Gasteiger partial charge in [0, 0.05) is 24.1 Å². The number of hydrogen-bond donors (Lipinski definition) is 2. The lowest BCUT2D eigenvalue weighted by molar-refractivity contribution is -0.132. The van der Waals surface area contributed by atoms with E-state index in [1.807, 2.05) is 54.6 Å². The van der Waals surface area contributed by atoms with Gasteiger partial charge in [-0.1, -0.05) is 42.5 Å². The largest absolute Gasteiger partial charge is 0.354 e. The first-order valence-electron chi connectivity index (χ1n) is 9.20. The van der Waals surface area contributed by atoms with Gasteiger partial charge in [-0.2, -0.15) is 0 Å². The molecule has 0 bridgehead atoms. The van der Waals surface area contributed by atoms with Gasteiger partial charge in [-0.05, 0) is 40.0 Å². The average Bonchev–Trinajstić information content (AvgIpc) is 3.07. The van der Waals surface area contributed by atoms with Crippen molar-refractivity contribution in [3.05, 3.63) is 64.6 Å². The molecule has 2 aromatic rings. The van der Waals surface area contributed by atoms with Crippen LogP contribution < -0.4 is 15.5 Å². The van der Waals surface area contributed by atoms with E-state index in [-0.39, 0.29) is 24.3 Å². The lowest BCUT2D eigenvalue weighted by Gasteiger charge is -2.18. The molecule has 0 saturated carbocycles. The minimum Gasteiger partial charge on any atom is -0.354 e. The summed E-state index contributed by atoms with van der Waals surface area (Å²) < 4.78 is 0.825. The highest BCUT2D eigenvalue weighted by Gasteiger charge is 2.37. The van der Waals surface area contributed by atoms with Gasteiger partial charge >= 0.3 is 0 Å². The molecule has 0 spiro atoms. The summed E-state index contributed by atoms with van der Waals surface area (Å²) in [7, 11) is 0. The molecule has 1 fully saturated rings. The molecule has 6 nitrogen and oxygen atoms in total. The molecule has 1 saturated heterocycles. The normalized spacial score (nSPS) is 16.1. The number of carbonyl (C=O) groups excluding carboxylic acids is 3. The van der Waals surface area contributed by atoms with E-state index in [0.717, 1.165) is 15.7 Å². The van der Waals surface area contributed by atoms with Gasteiger partial charge in [-0.15, -0.1) is 0 Å². The topological polar surface area (TPSA) is 78.5 Å². The van der Waals surface area contributed by atoms with Gasteiger partial charge in [0.15, 0.2) is 0 Å². The summed E-state index contributed by atoms with van der Waals surface area (Å²) in [5, 5.41) is 5.52. The zero-order chi connectivity index (χ0) is 19.9. The monoisotopic (exact) mass is 443 g/mol. The smallest absolute Gasteiger partial charge is 0.239 e. The summed E-state index contributed by atoms with van der Waals surface area (Å²) in [5.74, 6) is -1.28. The Morgan fingerprint density at radius 2 is 1.68 bits per heavy atom. The predicted octanol–water partition coefficient (Wildman–Crippen LogP) is 2.28. The van der Waals surface area contributed by atoms with Gasteiger partial charge in [-0.3, -0.25) is 14.4 Å². The third kappa shape index (κ3) is 4.98. The molecule has 2 N–H and O–H groups in total. The highest BCUT2D eigenvalue weighted by molar-refractivity contribution is 9.10. The maximum atomic E-state index is 12.6. The van der Waals surface area contributed by atoms with Crippen molar-refractivity contribution in [2.45, 2.75) is 12.8 Å². The van der Waals surface area contributed by atoms with Crippen molar-refractivity contribution in [1.82, 2.24) is 10.6 Å². The van der Waals surface area contributed by atoms with Crippen LogP contribution in [0.15, 0.2) is 59.1 Å². The summed E-state index contributed by atoms with van der Waals surface area (Å²) in [5.41, 5.74) is 1.71. The second-order valence-corrected chi connectivity index (χ2v) is 7.44. The molecule has 7 heteroatoms. The molecule has 0 aliphatic carbocycles. The van der Waals surface area contributed by atoms with E-state index in [9.17, 15) is 14.4 Å². The molecule has 1 aliphatic heterocycles. The Labute approximate surface area is 172 Å². The Morgan fingerprint density at radius 3 is 2.43 bits per heavy atom. The molecule has 146 valence electrons. The molecule has 28 heavy (non-hydrogen) atoms. The van der Waals surface area contributed by atoms with Gasteiger partial charge in [0.25, 0.3) is 0 Å². The van der Waals surface area contributed by atoms with E-state index in [1.54, 1.807) is 4.90 Å². The molecule has 0 aromatic heterocycles. The van der Waals surface area contributed by atoms with E-state index in [1.165, 1.54) is 0 Å². The van der Waals surface area contributed by atoms with Gasteiger partial charge in [0.2, 0.25) is 17.7 Å². The van der Waals surface area contributed by atoms with Crippen LogP contribution in [0.3, 0.4) is 0 Å². The third-order valence-electron chi connectivity index (χ3n) is 4.62. The number of benzene rings is 2. The summed E-state index contributed by atoms with van der Waals surface area (Å²) in [6, 6.07) is 16.9. The van der Waals surface area contributed by atoms with Gasteiger partial charge in [0.1, 0.15) is 5.92 Å². The van der Waals surface area contributed by atoms with E-state index in [2.05, 4.69) is 26.6 Å². The molecule has 1 unspecified atom stereocenters. The first-order valence-corrected chi connectivity index (χ1v) is 10.00. The van der Waals surface area contributed by atoms with Crippen molar-refractivity contribution in [1.29, 1.82) is 0 Å². The molecular formula is C21H22BrN3O3. The van der Waals surface area contributed by atoms with E-state index < -0.39 is 5.92 Å². The number of carbonyl (C=O) groups is 3. The fourth-order valence-corrected chi connectivity index (χ4v) is 3.69. The standard InChI is InChI=1S/C21H22BrN3O3/c22-17-8-4-5-9-18(17)25-13-10-16(21(25)28)20(27)24-12-11-23-19(26)14-15-6-2-1-3-7-15/h1-9,16H,10-14H2,(H,23,26)(H,24,27).